The van der Waals surface area contributed by atoms with Crippen molar-refractivity contribution in [1.29, 1.82) is 0 Å². The molecule has 0 aliphatic heterocycles. The van der Waals surface area contributed by atoms with Crippen LogP contribution in [0.2, 0.25) is 0 Å². The lowest BCUT2D eigenvalue weighted by Crippen LogP contribution is -2.34. The summed E-state index contributed by atoms with van der Waals surface area (Å²) in [6.07, 6.45) is 11.6. The molecule has 0 aromatic carbocycles. The SMILES string of the molecule is C#CCNCC(=O)NCCC1CCCC1. The van der Waals surface area contributed by atoms with Crippen LogP contribution in [0.3, 0.4) is 0 Å². The van der Waals surface area contributed by atoms with Crippen LogP contribution in [0, 0.1) is 18.3 Å². The minimum atomic E-state index is 0.0447. The van der Waals surface area contributed by atoms with Crippen LogP contribution in [-0.2, 0) is 4.79 Å². The summed E-state index contributed by atoms with van der Waals surface area (Å²) in [5, 5.41) is 5.76. The van der Waals surface area contributed by atoms with E-state index in [4.69, 9.17) is 6.42 Å². The van der Waals surface area contributed by atoms with E-state index in [-0.39, 0.29) is 5.91 Å². The minimum Gasteiger partial charge on any atom is -0.355 e. The van der Waals surface area contributed by atoms with Crippen molar-refractivity contribution in [2.24, 2.45) is 5.92 Å². The van der Waals surface area contributed by atoms with Crippen molar-refractivity contribution in [1.82, 2.24) is 10.6 Å². The summed E-state index contributed by atoms with van der Waals surface area (Å²) in [5.41, 5.74) is 0. The Balaban J connectivity index is 1.94. The molecule has 0 unspecified atom stereocenters. The highest BCUT2D eigenvalue weighted by atomic mass is 16.1. The summed E-state index contributed by atoms with van der Waals surface area (Å²) in [4.78, 5) is 11.2. The van der Waals surface area contributed by atoms with Gasteiger partial charge in [0.05, 0.1) is 13.1 Å². The van der Waals surface area contributed by atoms with E-state index in [1.807, 2.05) is 0 Å². The van der Waals surface area contributed by atoms with Gasteiger partial charge < -0.3 is 5.32 Å². The van der Waals surface area contributed by atoms with Gasteiger partial charge in [0, 0.05) is 6.54 Å². The summed E-state index contributed by atoms with van der Waals surface area (Å²) in [6.45, 7) is 1.59. The van der Waals surface area contributed by atoms with E-state index in [0.717, 1.165) is 18.9 Å². The second-order valence-corrected chi connectivity index (χ2v) is 4.10. The Labute approximate surface area is 92.0 Å². The van der Waals surface area contributed by atoms with E-state index in [9.17, 15) is 4.79 Å². The second kappa shape index (κ2) is 7.30. The molecule has 1 saturated carbocycles. The van der Waals surface area contributed by atoms with E-state index in [0.29, 0.717) is 13.1 Å². The van der Waals surface area contributed by atoms with Crippen molar-refractivity contribution in [3.8, 4) is 12.3 Å². The highest BCUT2D eigenvalue weighted by Gasteiger charge is 2.14. The maximum absolute atomic E-state index is 11.2. The van der Waals surface area contributed by atoms with Crippen molar-refractivity contribution < 1.29 is 4.79 Å². The number of amides is 1. The summed E-state index contributed by atoms with van der Waals surface area (Å²) in [6, 6.07) is 0. The zero-order chi connectivity index (χ0) is 10.9. The Morgan fingerprint density at radius 2 is 2.13 bits per heavy atom. The number of nitrogens with one attached hydrogen (secondary N) is 2. The first-order valence-electron chi connectivity index (χ1n) is 5.74. The third kappa shape index (κ3) is 5.44. The summed E-state index contributed by atoms with van der Waals surface area (Å²) in [5.74, 6) is 3.31. The fourth-order valence-electron chi connectivity index (χ4n) is 2.03. The molecule has 1 rings (SSSR count). The molecule has 0 spiro atoms. The lowest BCUT2D eigenvalue weighted by molar-refractivity contribution is -0.120. The van der Waals surface area contributed by atoms with E-state index in [2.05, 4.69) is 16.6 Å². The number of hydrogen-bond donors (Lipinski definition) is 2. The normalized spacial score (nSPS) is 16.2. The van der Waals surface area contributed by atoms with Gasteiger partial charge in [0.1, 0.15) is 0 Å². The smallest absolute Gasteiger partial charge is 0.233 e. The maximum atomic E-state index is 11.2. The number of carbonyl (C=O) groups excluding carboxylic acids is 1. The molecule has 0 bridgehead atoms. The van der Waals surface area contributed by atoms with Gasteiger partial charge in [-0.15, -0.1) is 6.42 Å². The second-order valence-electron chi connectivity index (χ2n) is 4.10. The standard InChI is InChI=1S/C12H20N2O/c1-2-8-13-10-12(15)14-9-7-11-5-3-4-6-11/h1,11,13H,3-10H2,(H,14,15). The molecule has 0 heterocycles. The monoisotopic (exact) mass is 208 g/mol. The lowest BCUT2D eigenvalue weighted by atomic mass is 10.0. The Kier molecular flexibility index (Phi) is 5.87. The molecule has 1 amide bonds. The van der Waals surface area contributed by atoms with E-state index >= 15 is 0 Å². The predicted octanol–water partition coefficient (Wildman–Crippen LogP) is 0.906. The third-order valence-electron chi connectivity index (χ3n) is 2.86. The Hall–Kier alpha value is -1.01. The number of rotatable bonds is 6. The summed E-state index contributed by atoms with van der Waals surface area (Å²) >= 11 is 0. The van der Waals surface area contributed by atoms with Crippen LogP contribution in [0.4, 0.5) is 0 Å². The molecule has 1 aliphatic rings. The van der Waals surface area contributed by atoms with Crippen LogP contribution >= 0.6 is 0 Å². The van der Waals surface area contributed by atoms with E-state index in [1.54, 1.807) is 0 Å². The van der Waals surface area contributed by atoms with Crippen LogP contribution in [0.1, 0.15) is 32.1 Å². The van der Waals surface area contributed by atoms with Gasteiger partial charge in [-0.1, -0.05) is 31.6 Å². The molecule has 0 saturated heterocycles. The molecule has 84 valence electrons. The fraction of sp³-hybridized carbons (Fsp3) is 0.750. The Morgan fingerprint density at radius 1 is 1.40 bits per heavy atom. The van der Waals surface area contributed by atoms with Gasteiger partial charge in [-0.25, -0.2) is 0 Å². The van der Waals surface area contributed by atoms with Gasteiger partial charge in [-0.05, 0) is 12.3 Å². The summed E-state index contributed by atoms with van der Waals surface area (Å²) in [7, 11) is 0. The lowest BCUT2D eigenvalue weighted by Gasteiger charge is -2.09. The van der Waals surface area contributed by atoms with Gasteiger partial charge >= 0.3 is 0 Å². The molecule has 1 fully saturated rings. The van der Waals surface area contributed by atoms with Crippen LogP contribution in [0.5, 0.6) is 0 Å². The topological polar surface area (TPSA) is 41.1 Å². The van der Waals surface area contributed by atoms with Crippen molar-refractivity contribution in [3.63, 3.8) is 0 Å². The number of carbonyl (C=O) groups is 1. The highest BCUT2D eigenvalue weighted by Crippen LogP contribution is 2.26. The van der Waals surface area contributed by atoms with Crippen LogP contribution in [0.25, 0.3) is 0 Å². The Morgan fingerprint density at radius 3 is 2.80 bits per heavy atom. The molecule has 2 N–H and O–H groups in total. The van der Waals surface area contributed by atoms with Crippen LogP contribution < -0.4 is 10.6 Å². The van der Waals surface area contributed by atoms with Gasteiger partial charge in [-0.3, -0.25) is 10.1 Å². The van der Waals surface area contributed by atoms with Crippen molar-refractivity contribution in [2.45, 2.75) is 32.1 Å². The first kappa shape index (κ1) is 12.1. The average molecular weight is 208 g/mol. The largest absolute Gasteiger partial charge is 0.355 e. The number of terminal acetylenes is 1. The van der Waals surface area contributed by atoms with Crippen molar-refractivity contribution >= 4 is 5.91 Å². The predicted molar refractivity (Wildman–Crippen MR) is 61.3 cm³/mol. The molecular formula is C12H20N2O. The molecule has 0 radical (unpaired) electrons. The van der Waals surface area contributed by atoms with E-state index < -0.39 is 0 Å². The summed E-state index contributed by atoms with van der Waals surface area (Å²) < 4.78 is 0. The Bertz CT molecular complexity index is 226. The average Bonchev–Trinajstić information content (AvgIpc) is 2.71. The van der Waals surface area contributed by atoms with Crippen LogP contribution in [-0.4, -0.2) is 25.5 Å². The molecule has 0 atom stereocenters. The molecule has 3 heteroatoms. The van der Waals surface area contributed by atoms with Gasteiger partial charge in [-0.2, -0.15) is 0 Å². The molecule has 3 nitrogen and oxygen atoms in total. The fourth-order valence-corrected chi connectivity index (χ4v) is 2.03. The molecule has 0 aromatic rings. The third-order valence-corrected chi connectivity index (χ3v) is 2.86. The molecular weight excluding hydrogens is 188 g/mol. The van der Waals surface area contributed by atoms with Gasteiger partial charge in [0.25, 0.3) is 0 Å². The minimum absolute atomic E-state index is 0.0447. The molecule has 1 aliphatic carbocycles. The molecule has 15 heavy (non-hydrogen) atoms. The first-order chi connectivity index (χ1) is 7.33. The van der Waals surface area contributed by atoms with Crippen molar-refractivity contribution in [3.05, 3.63) is 0 Å². The van der Waals surface area contributed by atoms with Crippen molar-refractivity contribution in [2.75, 3.05) is 19.6 Å². The molecule has 0 aromatic heterocycles. The first-order valence-corrected chi connectivity index (χ1v) is 5.74. The van der Waals surface area contributed by atoms with E-state index in [1.165, 1.54) is 25.7 Å². The zero-order valence-corrected chi connectivity index (χ0v) is 9.22. The maximum Gasteiger partial charge on any atom is 0.233 e. The zero-order valence-electron chi connectivity index (χ0n) is 9.22. The van der Waals surface area contributed by atoms with Gasteiger partial charge in [0.2, 0.25) is 5.91 Å². The quantitative estimate of drug-likeness (QED) is 0.503. The number of hydrogen-bond acceptors (Lipinski definition) is 2. The van der Waals surface area contributed by atoms with Crippen LogP contribution in [0.15, 0.2) is 0 Å². The van der Waals surface area contributed by atoms with Gasteiger partial charge in [0.15, 0.2) is 0 Å². The highest BCUT2D eigenvalue weighted by molar-refractivity contribution is 5.77.